The van der Waals surface area contributed by atoms with Crippen LogP contribution in [0.1, 0.15) is 18.4 Å². The summed E-state index contributed by atoms with van der Waals surface area (Å²) >= 11 is 0. The number of amides is 2. The summed E-state index contributed by atoms with van der Waals surface area (Å²) < 4.78 is 0. The Hall–Kier alpha value is -2.83. The highest BCUT2D eigenvalue weighted by molar-refractivity contribution is 5.93. The van der Waals surface area contributed by atoms with E-state index in [4.69, 9.17) is 5.73 Å². The number of nitrogens with two attached hydrogens (primary N) is 1. The van der Waals surface area contributed by atoms with Crippen molar-refractivity contribution >= 4 is 29.2 Å². The van der Waals surface area contributed by atoms with Crippen LogP contribution in [-0.4, -0.2) is 34.0 Å². The fourth-order valence-electron chi connectivity index (χ4n) is 2.80. The van der Waals surface area contributed by atoms with E-state index in [1.807, 2.05) is 29.2 Å². The molecule has 0 bridgehead atoms. The number of para-hydroxylation sites is 2. The Morgan fingerprint density at radius 2 is 2.09 bits per heavy atom. The molecule has 1 saturated carbocycles. The molecule has 7 heteroatoms. The summed E-state index contributed by atoms with van der Waals surface area (Å²) in [6.45, 7) is 0.580. The Morgan fingerprint density at radius 1 is 1.30 bits per heavy atom. The zero-order chi connectivity index (χ0) is 16.0. The lowest BCUT2D eigenvalue weighted by atomic mass is 10.2. The monoisotopic (exact) mass is 310 g/mol. The third-order valence-corrected chi connectivity index (χ3v) is 4.23. The fourth-order valence-corrected chi connectivity index (χ4v) is 2.80. The minimum Gasteiger partial charge on any atom is -0.397 e. The molecule has 118 valence electrons. The summed E-state index contributed by atoms with van der Waals surface area (Å²) in [5.41, 5.74) is 8.26. The second-order valence-electron chi connectivity index (χ2n) is 5.96. The van der Waals surface area contributed by atoms with E-state index in [0.29, 0.717) is 30.0 Å². The van der Waals surface area contributed by atoms with Crippen molar-refractivity contribution in [1.82, 2.24) is 14.9 Å². The Bertz CT molecular complexity index is 773. The second-order valence-corrected chi connectivity index (χ2v) is 5.96. The molecule has 1 aliphatic carbocycles. The van der Waals surface area contributed by atoms with Crippen LogP contribution < -0.4 is 16.0 Å². The molecule has 2 heterocycles. The lowest BCUT2D eigenvalue weighted by Crippen LogP contribution is -2.46. The van der Waals surface area contributed by atoms with Crippen molar-refractivity contribution in [3.05, 3.63) is 36.0 Å². The quantitative estimate of drug-likeness (QED) is 0.850. The van der Waals surface area contributed by atoms with Crippen molar-refractivity contribution in [3.63, 3.8) is 0 Å². The fraction of sp³-hybridized carbons (Fsp3) is 0.312. The van der Waals surface area contributed by atoms with Gasteiger partial charge in [0, 0.05) is 24.8 Å². The maximum Gasteiger partial charge on any atom is 0.325 e. The van der Waals surface area contributed by atoms with Gasteiger partial charge in [-0.15, -0.1) is 0 Å². The van der Waals surface area contributed by atoms with Gasteiger partial charge in [0.15, 0.2) is 0 Å². The first kappa shape index (κ1) is 13.8. The molecule has 1 aromatic carbocycles. The van der Waals surface area contributed by atoms with Gasteiger partial charge in [0.2, 0.25) is 5.95 Å². The molecule has 1 aliphatic heterocycles. The van der Waals surface area contributed by atoms with Gasteiger partial charge in [-0.05, 0) is 25.0 Å². The maximum atomic E-state index is 12.4. The summed E-state index contributed by atoms with van der Waals surface area (Å²) in [4.78, 5) is 24.8. The van der Waals surface area contributed by atoms with E-state index in [2.05, 4.69) is 15.3 Å². The highest BCUT2D eigenvalue weighted by Gasteiger charge is 2.38. The van der Waals surface area contributed by atoms with Crippen molar-refractivity contribution in [2.45, 2.75) is 25.4 Å². The van der Waals surface area contributed by atoms with E-state index in [1.165, 1.54) is 0 Å². The Morgan fingerprint density at radius 3 is 2.83 bits per heavy atom. The molecule has 2 aromatic rings. The molecule has 23 heavy (non-hydrogen) atoms. The minimum atomic E-state index is 0.00359. The first-order valence-electron chi connectivity index (χ1n) is 7.65. The number of rotatable bonds is 3. The third-order valence-electron chi connectivity index (χ3n) is 4.23. The van der Waals surface area contributed by atoms with E-state index in [-0.39, 0.29) is 6.03 Å². The van der Waals surface area contributed by atoms with Crippen molar-refractivity contribution in [2.75, 3.05) is 23.0 Å². The number of carbonyl (C=O) groups is 1. The average Bonchev–Trinajstić information content (AvgIpc) is 3.38. The van der Waals surface area contributed by atoms with E-state index >= 15 is 0 Å². The lowest BCUT2D eigenvalue weighted by molar-refractivity contribution is 0.196. The number of urea groups is 1. The van der Waals surface area contributed by atoms with Crippen molar-refractivity contribution < 1.29 is 4.79 Å². The summed E-state index contributed by atoms with van der Waals surface area (Å²) in [5.74, 6) is 1.08. The van der Waals surface area contributed by atoms with Crippen LogP contribution in [0.4, 0.5) is 27.9 Å². The highest BCUT2D eigenvalue weighted by Crippen LogP contribution is 2.35. The summed E-state index contributed by atoms with van der Waals surface area (Å²) in [7, 11) is 1.75. The largest absolute Gasteiger partial charge is 0.397 e. The molecule has 4 rings (SSSR count). The highest BCUT2D eigenvalue weighted by atomic mass is 16.2. The van der Waals surface area contributed by atoms with Gasteiger partial charge in [0.05, 0.1) is 17.9 Å². The molecule has 0 saturated heterocycles. The Balaban J connectivity index is 1.63. The number of carbonyl (C=O) groups excluding carboxylic acids is 1. The van der Waals surface area contributed by atoms with Gasteiger partial charge >= 0.3 is 6.03 Å². The van der Waals surface area contributed by atoms with Gasteiger partial charge in [0.25, 0.3) is 0 Å². The summed E-state index contributed by atoms with van der Waals surface area (Å²) in [5, 5.41) is 3.11. The molecular formula is C16H18N6O. The molecule has 0 spiro atoms. The van der Waals surface area contributed by atoms with Crippen molar-refractivity contribution in [3.8, 4) is 0 Å². The van der Waals surface area contributed by atoms with E-state index < -0.39 is 0 Å². The van der Waals surface area contributed by atoms with Gasteiger partial charge in [-0.2, -0.15) is 4.98 Å². The first-order valence-corrected chi connectivity index (χ1v) is 7.65. The van der Waals surface area contributed by atoms with Crippen LogP contribution in [0.5, 0.6) is 0 Å². The number of nitrogens with one attached hydrogen (secondary N) is 1. The van der Waals surface area contributed by atoms with Crippen LogP contribution in [0.3, 0.4) is 0 Å². The topological polar surface area (TPSA) is 87.4 Å². The van der Waals surface area contributed by atoms with Crippen LogP contribution in [0.2, 0.25) is 0 Å². The van der Waals surface area contributed by atoms with Crippen LogP contribution in [0.25, 0.3) is 0 Å². The zero-order valence-electron chi connectivity index (χ0n) is 12.9. The van der Waals surface area contributed by atoms with Crippen molar-refractivity contribution in [1.29, 1.82) is 0 Å². The number of fused-ring (bicyclic) bond motifs is 1. The Labute approximate surface area is 134 Å². The smallest absolute Gasteiger partial charge is 0.325 e. The van der Waals surface area contributed by atoms with Crippen LogP contribution >= 0.6 is 0 Å². The third kappa shape index (κ3) is 2.44. The Kier molecular flexibility index (Phi) is 3.07. The molecular weight excluding hydrogens is 292 g/mol. The van der Waals surface area contributed by atoms with Crippen LogP contribution in [0.15, 0.2) is 30.5 Å². The molecule has 0 radical (unpaired) electrons. The molecule has 2 amide bonds. The normalized spacial score (nSPS) is 17.2. The average molecular weight is 310 g/mol. The number of nitrogen functional groups attached to an aromatic ring is 1. The molecule has 1 fully saturated rings. The number of hydrogen-bond donors (Lipinski definition) is 2. The predicted molar refractivity (Wildman–Crippen MR) is 88.5 cm³/mol. The number of benzene rings is 1. The molecule has 0 unspecified atom stereocenters. The van der Waals surface area contributed by atoms with Gasteiger partial charge < -0.3 is 16.0 Å². The van der Waals surface area contributed by atoms with E-state index in [1.54, 1.807) is 18.1 Å². The number of anilines is 4. The van der Waals surface area contributed by atoms with Crippen LogP contribution in [0, 0.1) is 0 Å². The van der Waals surface area contributed by atoms with Gasteiger partial charge in [-0.3, -0.25) is 4.90 Å². The van der Waals surface area contributed by atoms with E-state index in [0.717, 1.165) is 24.1 Å². The SMILES string of the molecule is CN1C(=O)N(C2CC2)Cc2cnc(Nc3ccccc3N)nc21. The van der Waals surface area contributed by atoms with Crippen LogP contribution in [-0.2, 0) is 6.54 Å². The number of aromatic nitrogens is 2. The molecule has 3 N–H and O–H groups in total. The van der Waals surface area contributed by atoms with Crippen molar-refractivity contribution in [2.24, 2.45) is 0 Å². The number of hydrogen-bond acceptors (Lipinski definition) is 5. The van der Waals surface area contributed by atoms with Gasteiger partial charge in [-0.25, -0.2) is 9.78 Å². The molecule has 1 aromatic heterocycles. The maximum absolute atomic E-state index is 12.4. The van der Waals surface area contributed by atoms with Gasteiger partial charge in [0.1, 0.15) is 5.82 Å². The van der Waals surface area contributed by atoms with Gasteiger partial charge in [-0.1, -0.05) is 12.1 Å². The molecule has 2 aliphatic rings. The summed E-state index contributed by atoms with van der Waals surface area (Å²) in [6.07, 6.45) is 3.95. The standard InChI is InChI=1S/C16H18N6O/c1-21-14-10(9-22(16(21)23)11-6-7-11)8-18-15(20-14)19-13-5-3-2-4-12(13)17/h2-5,8,11H,6-7,9,17H2,1H3,(H,18,19,20). The first-order chi connectivity index (χ1) is 11.1. The zero-order valence-corrected chi connectivity index (χ0v) is 12.9. The molecule has 7 nitrogen and oxygen atoms in total. The number of nitrogens with zero attached hydrogens (tertiary/aromatic N) is 4. The summed E-state index contributed by atoms with van der Waals surface area (Å²) in [6, 6.07) is 7.81. The minimum absolute atomic E-state index is 0.00359. The molecule has 0 atom stereocenters. The van der Waals surface area contributed by atoms with E-state index in [9.17, 15) is 4.79 Å². The lowest BCUT2D eigenvalue weighted by Gasteiger charge is -2.34. The second kappa shape index (κ2) is 5.12. The predicted octanol–water partition coefficient (Wildman–Crippen LogP) is 2.34.